The van der Waals surface area contributed by atoms with Gasteiger partial charge in [-0.15, -0.1) is 0 Å². The Labute approximate surface area is 115 Å². The molecule has 0 radical (unpaired) electrons. The molecule has 110 valence electrons. The van der Waals surface area contributed by atoms with Crippen LogP contribution in [0.2, 0.25) is 0 Å². The van der Waals surface area contributed by atoms with Gasteiger partial charge in [-0.3, -0.25) is 4.79 Å². The van der Waals surface area contributed by atoms with Crippen molar-refractivity contribution in [2.75, 3.05) is 14.2 Å². The van der Waals surface area contributed by atoms with Gasteiger partial charge in [0.25, 0.3) is 0 Å². The van der Waals surface area contributed by atoms with Crippen molar-refractivity contribution < 1.29 is 14.3 Å². The normalized spacial score (nSPS) is 26.5. The summed E-state index contributed by atoms with van der Waals surface area (Å²) in [5.41, 5.74) is -0.0868. The minimum Gasteiger partial charge on any atom is -0.467 e. The molecule has 1 saturated carbocycles. The van der Waals surface area contributed by atoms with Crippen molar-refractivity contribution in [3.63, 3.8) is 0 Å². The van der Waals surface area contributed by atoms with Crippen LogP contribution in [0.25, 0.3) is 0 Å². The standard InChI is InChI=1S/C14H26N2O3/c1-8(2)11(13(18)19-6)16-12(17)9-7-10(15-5)14(9,3)4/h8-11,15H,7H2,1-6H3,(H,16,17)/t9-,10-,11+/m1/s1. The molecule has 0 spiro atoms. The maximum Gasteiger partial charge on any atom is 0.328 e. The molecular weight excluding hydrogens is 244 g/mol. The van der Waals surface area contributed by atoms with Crippen LogP contribution in [0.3, 0.4) is 0 Å². The van der Waals surface area contributed by atoms with Crippen LogP contribution in [0.4, 0.5) is 0 Å². The van der Waals surface area contributed by atoms with Gasteiger partial charge in [0, 0.05) is 12.0 Å². The lowest BCUT2D eigenvalue weighted by Gasteiger charge is -2.51. The van der Waals surface area contributed by atoms with Crippen LogP contribution in [0.1, 0.15) is 34.1 Å². The molecule has 0 aromatic heterocycles. The second-order valence-electron chi connectivity index (χ2n) is 6.20. The van der Waals surface area contributed by atoms with Gasteiger partial charge in [0.1, 0.15) is 6.04 Å². The van der Waals surface area contributed by atoms with Gasteiger partial charge in [-0.2, -0.15) is 0 Å². The minimum atomic E-state index is -0.568. The summed E-state index contributed by atoms with van der Waals surface area (Å²) in [7, 11) is 3.25. The Morgan fingerprint density at radius 1 is 1.32 bits per heavy atom. The molecule has 3 atom stereocenters. The van der Waals surface area contributed by atoms with E-state index in [1.807, 2.05) is 20.9 Å². The van der Waals surface area contributed by atoms with E-state index in [0.717, 1.165) is 6.42 Å². The van der Waals surface area contributed by atoms with Crippen LogP contribution in [0.5, 0.6) is 0 Å². The number of nitrogens with one attached hydrogen (secondary N) is 2. The Morgan fingerprint density at radius 2 is 1.89 bits per heavy atom. The largest absolute Gasteiger partial charge is 0.467 e. The number of hydrogen-bond donors (Lipinski definition) is 2. The van der Waals surface area contributed by atoms with E-state index in [2.05, 4.69) is 24.5 Å². The lowest BCUT2D eigenvalue weighted by atomic mass is 9.58. The first-order chi connectivity index (χ1) is 8.75. The highest BCUT2D eigenvalue weighted by molar-refractivity contribution is 5.87. The van der Waals surface area contributed by atoms with E-state index in [0.29, 0.717) is 6.04 Å². The average molecular weight is 270 g/mol. The second-order valence-corrected chi connectivity index (χ2v) is 6.20. The molecular formula is C14H26N2O3. The van der Waals surface area contributed by atoms with Crippen LogP contribution in [0.15, 0.2) is 0 Å². The molecule has 19 heavy (non-hydrogen) atoms. The topological polar surface area (TPSA) is 67.4 Å². The van der Waals surface area contributed by atoms with Crippen molar-refractivity contribution in [2.45, 2.75) is 46.2 Å². The SMILES string of the molecule is CN[C@@H]1C[C@H](C(=O)N[C@H](C(=O)OC)C(C)C)C1(C)C. The van der Waals surface area contributed by atoms with Gasteiger partial charge in [-0.1, -0.05) is 27.7 Å². The van der Waals surface area contributed by atoms with Crippen molar-refractivity contribution >= 4 is 11.9 Å². The van der Waals surface area contributed by atoms with Gasteiger partial charge in [-0.25, -0.2) is 4.79 Å². The third-order valence-corrected chi connectivity index (χ3v) is 4.35. The van der Waals surface area contributed by atoms with E-state index in [1.54, 1.807) is 0 Å². The highest BCUT2D eigenvalue weighted by Gasteiger charge is 2.51. The molecule has 0 aromatic rings. The summed E-state index contributed by atoms with van der Waals surface area (Å²) in [6.45, 7) is 7.93. The monoisotopic (exact) mass is 270 g/mol. The fourth-order valence-corrected chi connectivity index (χ4v) is 2.74. The Morgan fingerprint density at radius 3 is 2.26 bits per heavy atom. The molecule has 1 rings (SSSR count). The molecule has 1 amide bonds. The molecule has 0 aromatic carbocycles. The zero-order chi connectivity index (χ0) is 14.8. The van der Waals surface area contributed by atoms with Crippen LogP contribution in [-0.2, 0) is 14.3 Å². The zero-order valence-corrected chi connectivity index (χ0v) is 12.7. The quantitative estimate of drug-likeness (QED) is 0.729. The van der Waals surface area contributed by atoms with Gasteiger partial charge >= 0.3 is 5.97 Å². The number of esters is 1. The molecule has 0 aliphatic heterocycles. The minimum absolute atomic E-state index is 0.0136. The molecule has 0 bridgehead atoms. The number of rotatable bonds is 5. The third kappa shape index (κ3) is 3.08. The van der Waals surface area contributed by atoms with E-state index in [-0.39, 0.29) is 29.1 Å². The van der Waals surface area contributed by atoms with Gasteiger partial charge < -0.3 is 15.4 Å². The molecule has 1 aliphatic carbocycles. The van der Waals surface area contributed by atoms with Crippen molar-refractivity contribution in [3.8, 4) is 0 Å². The van der Waals surface area contributed by atoms with Gasteiger partial charge in [0.05, 0.1) is 7.11 Å². The van der Waals surface area contributed by atoms with Crippen molar-refractivity contribution in [1.29, 1.82) is 0 Å². The first kappa shape index (κ1) is 16.0. The summed E-state index contributed by atoms with van der Waals surface area (Å²) >= 11 is 0. The van der Waals surface area contributed by atoms with E-state index in [9.17, 15) is 9.59 Å². The summed E-state index contributed by atoms with van der Waals surface area (Å²) in [4.78, 5) is 23.9. The highest BCUT2D eigenvalue weighted by atomic mass is 16.5. The van der Waals surface area contributed by atoms with Gasteiger partial charge in [-0.05, 0) is 24.8 Å². The molecule has 2 N–H and O–H groups in total. The molecule has 5 heteroatoms. The number of hydrogen-bond acceptors (Lipinski definition) is 4. The van der Waals surface area contributed by atoms with Crippen LogP contribution >= 0.6 is 0 Å². The predicted octanol–water partition coefficient (Wildman–Crippen LogP) is 0.934. The molecule has 1 aliphatic rings. The Hall–Kier alpha value is -1.10. The lowest BCUT2D eigenvalue weighted by molar-refractivity contribution is -0.149. The Balaban J connectivity index is 2.67. The maximum absolute atomic E-state index is 12.3. The number of methoxy groups -OCH3 is 1. The average Bonchev–Trinajstić information content (AvgIpc) is 2.33. The summed E-state index contributed by atoms with van der Waals surface area (Å²) in [5.74, 6) is -0.484. The number of carbonyl (C=O) groups excluding carboxylic acids is 2. The van der Waals surface area contributed by atoms with E-state index >= 15 is 0 Å². The van der Waals surface area contributed by atoms with Crippen molar-refractivity contribution in [3.05, 3.63) is 0 Å². The fraction of sp³-hybridized carbons (Fsp3) is 0.857. The molecule has 1 fully saturated rings. The second kappa shape index (κ2) is 5.90. The molecule has 0 unspecified atom stereocenters. The summed E-state index contributed by atoms with van der Waals surface area (Å²) < 4.78 is 4.73. The van der Waals surface area contributed by atoms with Gasteiger partial charge in [0.2, 0.25) is 5.91 Å². The highest BCUT2D eigenvalue weighted by Crippen LogP contribution is 2.46. The summed E-state index contributed by atoms with van der Waals surface area (Å²) in [6.07, 6.45) is 0.807. The fourth-order valence-electron chi connectivity index (χ4n) is 2.74. The van der Waals surface area contributed by atoms with Crippen LogP contribution in [-0.4, -0.2) is 38.1 Å². The van der Waals surface area contributed by atoms with Crippen LogP contribution in [0, 0.1) is 17.3 Å². The van der Waals surface area contributed by atoms with Crippen molar-refractivity contribution in [2.24, 2.45) is 17.3 Å². The van der Waals surface area contributed by atoms with Gasteiger partial charge in [0.15, 0.2) is 0 Å². The number of amides is 1. The number of carbonyl (C=O) groups is 2. The molecule has 0 heterocycles. The smallest absolute Gasteiger partial charge is 0.328 e. The van der Waals surface area contributed by atoms with Crippen LogP contribution < -0.4 is 10.6 Å². The molecule has 0 saturated heterocycles. The number of ether oxygens (including phenoxy) is 1. The Kier molecular flexibility index (Phi) is 4.96. The van der Waals surface area contributed by atoms with Crippen molar-refractivity contribution in [1.82, 2.24) is 10.6 Å². The zero-order valence-electron chi connectivity index (χ0n) is 12.7. The predicted molar refractivity (Wildman–Crippen MR) is 73.5 cm³/mol. The Bertz CT molecular complexity index is 353. The van der Waals surface area contributed by atoms with E-state index in [4.69, 9.17) is 4.74 Å². The van der Waals surface area contributed by atoms with E-state index < -0.39 is 6.04 Å². The summed E-state index contributed by atoms with van der Waals surface area (Å²) in [6, 6.07) is -0.221. The molecule has 5 nitrogen and oxygen atoms in total. The first-order valence-electron chi connectivity index (χ1n) is 6.81. The maximum atomic E-state index is 12.3. The lowest BCUT2D eigenvalue weighted by Crippen LogP contribution is -2.62. The third-order valence-electron chi connectivity index (χ3n) is 4.35. The first-order valence-corrected chi connectivity index (χ1v) is 6.81. The summed E-state index contributed by atoms with van der Waals surface area (Å²) in [5, 5.41) is 6.04. The van der Waals surface area contributed by atoms with E-state index in [1.165, 1.54) is 7.11 Å².